The molecule has 1 aliphatic rings. The lowest BCUT2D eigenvalue weighted by Gasteiger charge is -2.33. The molecule has 1 aromatic heterocycles. The summed E-state index contributed by atoms with van der Waals surface area (Å²) in [5.41, 5.74) is 2.75. The molecule has 1 aliphatic carbocycles. The Morgan fingerprint density at radius 1 is 1.25 bits per heavy atom. The average molecular weight is 269 g/mol. The first-order chi connectivity index (χ1) is 9.68. The van der Waals surface area contributed by atoms with E-state index in [1.54, 1.807) is 13.3 Å². The van der Waals surface area contributed by atoms with Crippen molar-refractivity contribution >= 4 is 0 Å². The lowest BCUT2D eigenvalue weighted by atomic mass is 9.78. The van der Waals surface area contributed by atoms with E-state index in [-0.39, 0.29) is 0 Å². The number of aromatic nitrogens is 1. The van der Waals surface area contributed by atoms with Gasteiger partial charge in [-0.3, -0.25) is 4.98 Å². The highest BCUT2D eigenvalue weighted by atomic mass is 16.5. The van der Waals surface area contributed by atoms with Crippen LogP contribution in [0.15, 0.2) is 42.6 Å². The number of hydrogen-bond donors (Lipinski definition) is 1. The van der Waals surface area contributed by atoms with Crippen molar-refractivity contribution in [3.8, 4) is 5.75 Å². The number of fused-ring (bicyclic) bond motifs is 1. The van der Waals surface area contributed by atoms with E-state index in [0.29, 0.717) is 12.8 Å². The molecular weight excluding hydrogens is 250 g/mol. The molecule has 0 fully saturated rings. The van der Waals surface area contributed by atoms with Crippen LogP contribution in [0.25, 0.3) is 0 Å². The second-order valence-electron chi connectivity index (χ2n) is 5.53. The molecule has 1 aromatic carbocycles. The third-order valence-electron chi connectivity index (χ3n) is 4.03. The smallest absolute Gasteiger partial charge is 0.119 e. The van der Waals surface area contributed by atoms with Crippen molar-refractivity contribution in [2.75, 3.05) is 7.11 Å². The Morgan fingerprint density at radius 2 is 2.15 bits per heavy atom. The van der Waals surface area contributed by atoms with Crippen molar-refractivity contribution < 1.29 is 9.84 Å². The summed E-state index contributed by atoms with van der Waals surface area (Å²) in [6, 6.07) is 12.0. The summed E-state index contributed by atoms with van der Waals surface area (Å²) in [5, 5.41) is 10.9. The van der Waals surface area contributed by atoms with Gasteiger partial charge in [0.15, 0.2) is 0 Å². The lowest BCUT2D eigenvalue weighted by molar-refractivity contribution is 0.0258. The molecule has 1 unspecified atom stereocenters. The maximum Gasteiger partial charge on any atom is 0.119 e. The Kier molecular flexibility index (Phi) is 3.45. The van der Waals surface area contributed by atoms with Crippen molar-refractivity contribution in [1.29, 1.82) is 0 Å². The highest BCUT2D eigenvalue weighted by Crippen LogP contribution is 2.33. The van der Waals surface area contributed by atoms with Gasteiger partial charge in [0, 0.05) is 24.7 Å². The van der Waals surface area contributed by atoms with E-state index in [1.165, 1.54) is 11.1 Å². The Labute approximate surface area is 119 Å². The second-order valence-corrected chi connectivity index (χ2v) is 5.53. The SMILES string of the molecule is COc1ccc2c(c1)CC(O)(Cc1ccccn1)CC2. The minimum absolute atomic E-state index is 0.602. The normalized spacial score (nSPS) is 21.3. The van der Waals surface area contributed by atoms with E-state index in [9.17, 15) is 5.11 Å². The molecule has 0 amide bonds. The highest BCUT2D eigenvalue weighted by Gasteiger charge is 2.32. The van der Waals surface area contributed by atoms with Gasteiger partial charge in [0.05, 0.1) is 12.7 Å². The van der Waals surface area contributed by atoms with Crippen molar-refractivity contribution in [3.05, 3.63) is 59.4 Å². The van der Waals surface area contributed by atoms with E-state index in [4.69, 9.17) is 4.74 Å². The van der Waals surface area contributed by atoms with Crippen LogP contribution in [0.2, 0.25) is 0 Å². The van der Waals surface area contributed by atoms with Crippen LogP contribution < -0.4 is 4.74 Å². The molecular formula is C17H19NO2. The van der Waals surface area contributed by atoms with Gasteiger partial charge in [0.2, 0.25) is 0 Å². The summed E-state index contributed by atoms with van der Waals surface area (Å²) in [7, 11) is 1.67. The van der Waals surface area contributed by atoms with E-state index >= 15 is 0 Å². The largest absolute Gasteiger partial charge is 0.497 e. The zero-order valence-corrected chi connectivity index (χ0v) is 11.7. The average Bonchev–Trinajstić information content (AvgIpc) is 2.47. The highest BCUT2D eigenvalue weighted by molar-refractivity contribution is 5.38. The molecule has 104 valence electrons. The predicted molar refractivity (Wildman–Crippen MR) is 77.9 cm³/mol. The van der Waals surface area contributed by atoms with Crippen LogP contribution in [0.5, 0.6) is 5.75 Å². The number of nitrogens with zero attached hydrogens (tertiary/aromatic N) is 1. The van der Waals surface area contributed by atoms with Gasteiger partial charge in [0.25, 0.3) is 0 Å². The van der Waals surface area contributed by atoms with E-state index in [2.05, 4.69) is 11.1 Å². The number of rotatable bonds is 3. The van der Waals surface area contributed by atoms with Gasteiger partial charge in [-0.2, -0.15) is 0 Å². The number of aryl methyl sites for hydroxylation is 1. The molecule has 0 spiro atoms. The molecule has 0 saturated carbocycles. The number of aliphatic hydroxyl groups is 1. The van der Waals surface area contributed by atoms with Gasteiger partial charge in [0.1, 0.15) is 5.75 Å². The molecule has 0 aliphatic heterocycles. The zero-order valence-electron chi connectivity index (χ0n) is 11.7. The van der Waals surface area contributed by atoms with Gasteiger partial charge in [-0.15, -0.1) is 0 Å². The van der Waals surface area contributed by atoms with Crippen LogP contribution in [0.1, 0.15) is 23.2 Å². The summed E-state index contributed by atoms with van der Waals surface area (Å²) >= 11 is 0. The number of benzene rings is 1. The molecule has 3 nitrogen and oxygen atoms in total. The van der Waals surface area contributed by atoms with Crippen LogP contribution in [-0.4, -0.2) is 22.8 Å². The molecule has 2 aromatic rings. The van der Waals surface area contributed by atoms with Crippen molar-refractivity contribution in [2.24, 2.45) is 0 Å². The quantitative estimate of drug-likeness (QED) is 0.931. The third kappa shape index (κ3) is 2.68. The molecule has 1 heterocycles. The Hall–Kier alpha value is -1.87. The fourth-order valence-corrected chi connectivity index (χ4v) is 2.94. The monoisotopic (exact) mass is 269 g/mol. The molecule has 3 rings (SSSR count). The number of methoxy groups -OCH3 is 1. The minimum atomic E-state index is -0.701. The van der Waals surface area contributed by atoms with Crippen molar-refractivity contribution in [3.63, 3.8) is 0 Å². The first kappa shape index (κ1) is 13.1. The zero-order chi connectivity index (χ0) is 14.0. The van der Waals surface area contributed by atoms with E-state index in [1.807, 2.05) is 30.3 Å². The number of hydrogen-bond acceptors (Lipinski definition) is 3. The number of ether oxygens (including phenoxy) is 1. The van der Waals surface area contributed by atoms with Crippen LogP contribution in [-0.2, 0) is 19.3 Å². The maximum absolute atomic E-state index is 10.9. The Bertz CT molecular complexity index is 597. The van der Waals surface area contributed by atoms with E-state index in [0.717, 1.165) is 24.3 Å². The Balaban J connectivity index is 1.83. The fraction of sp³-hybridized carbons (Fsp3) is 0.353. The molecule has 1 N–H and O–H groups in total. The van der Waals surface area contributed by atoms with Gasteiger partial charge in [-0.05, 0) is 48.2 Å². The third-order valence-corrected chi connectivity index (χ3v) is 4.03. The van der Waals surface area contributed by atoms with Crippen LogP contribution in [0, 0.1) is 0 Å². The summed E-state index contributed by atoms with van der Waals surface area (Å²) in [4.78, 5) is 4.32. The van der Waals surface area contributed by atoms with Gasteiger partial charge in [-0.25, -0.2) is 0 Å². The first-order valence-corrected chi connectivity index (χ1v) is 6.97. The van der Waals surface area contributed by atoms with Gasteiger partial charge < -0.3 is 9.84 Å². The minimum Gasteiger partial charge on any atom is -0.497 e. The van der Waals surface area contributed by atoms with Gasteiger partial charge in [-0.1, -0.05) is 12.1 Å². The van der Waals surface area contributed by atoms with Crippen LogP contribution in [0.4, 0.5) is 0 Å². The number of pyridine rings is 1. The topological polar surface area (TPSA) is 42.4 Å². The summed E-state index contributed by atoms with van der Waals surface area (Å²) in [6.45, 7) is 0. The molecule has 20 heavy (non-hydrogen) atoms. The first-order valence-electron chi connectivity index (χ1n) is 6.97. The maximum atomic E-state index is 10.9. The molecule has 3 heteroatoms. The molecule has 0 bridgehead atoms. The van der Waals surface area contributed by atoms with Crippen molar-refractivity contribution in [2.45, 2.75) is 31.3 Å². The second kappa shape index (κ2) is 5.25. The fourth-order valence-electron chi connectivity index (χ4n) is 2.94. The van der Waals surface area contributed by atoms with Gasteiger partial charge >= 0.3 is 0 Å². The van der Waals surface area contributed by atoms with Crippen LogP contribution in [0.3, 0.4) is 0 Å². The summed E-state index contributed by atoms with van der Waals surface area (Å²) < 4.78 is 5.27. The Morgan fingerprint density at radius 3 is 2.90 bits per heavy atom. The molecule has 0 saturated heterocycles. The summed E-state index contributed by atoms with van der Waals surface area (Å²) in [5.74, 6) is 0.853. The summed E-state index contributed by atoms with van der Waals surface area (Å²) in [6.07, 6.45) is 4.73. The van der Waals surface area contributed by atoms with Crippen LogP contribution >= 0.6 is 0 Å². The standard InChI is InChI=1S/C17H19NO2/c1-20-16-6-5-13-7-8-17(19,11-14(13)10-16)12-15-4-2-3-9-18-15/h2-6,9-10,19H,7-8,11-12H2,1H3. The van der Waals surface area contributed by atoms with E-state index < -0.39 is 5.60 Å². The molecule has 0 radical (unpaired) electrons. The molecule has 1 atom stereocenters. The van der Waals surface area contributed by atoms with Crippen molar-refractivity contribution in [1.82, 2.24) is 4.98 Å². The lowest BCUT2D eigenvalue weighted by Crippen LogP contribution is -2.38. The predicted octanol–water partition coefficient (Wildman–Crippen LogP) is 2.55.